The first-order chi connectivity index (χ1) is 20.7. The Bertz CT molecular complexity index is 1530. The third-order valence-corrected chi connectivity index (χ3v) is 9.63. The van der Waals surface area contributed by atoms with Crippen LogP contribution in [0.15, 0.2) is 60.2 Å². The van der Waals surface area contributed by atoms with Gasteiger partial charge in [-0.25, -0.2) is 0 Å². The summed E-state index contributed by atoms with van der Waals surface area (Å²) in [4.78, 5) is 18.2. The third-order valence-electron chi connectivity index (χ3n) is 9.07. The number of fused-ring (bicyclic) bond motifs is 2. The molecule has 2 bridgehead atoms. The van der Waals surface area contributed by atoms with Crippen LogP contribution < -0.4 is 15.2 Å². The van der Waals surface area contributed by atoms with Crippen molar-refractivity contribution in [2.45, 2.75) is 64.7 Å². The summed E-state index contributed by atoms with van der Waals surface area (Å²) >= 11 is 12.6. The minimum atomic E-state index is -0.316. The van der Waals surface area contributed by atoms with Crippen molar-refractivity contribution in [1.29, 1.82) is 0 Å². The van der Waals surface area contributed by atoms with Gasteiger partial charge in [-0.2, -0.15) is 0 Å². The molecule has 6 nitrogen and oxygen atoms in total. The second kappa shape index (κ2) is 12.5. The molecule has 3 aliphatic rings. The highest BCUT2D eigenvalue weighted by molar-refractivity contribution is 6.37. The Balaban J connectivity index is 1.17. The number of carbonyl (C=O) groups is 1. The van der Waals surface area contributed by atoms with Crippen molar-refractivity contribution in [3.05, 3.63) is 98.0 Å². The van der Waals surface area contributed by atoms with E-state index in [4.69, 9.17) is 38.4 Å². The largest absolute Gasteiger partial charge is 0.490 e. The molecule has 2 heterocycles. The Kier molecular flexibility index (Phi) is 8.74. The zero-order valence-electron chi connectivity index (χ0n) is 25.0. The number of nitrogens with two attached hydrogens (primary N) is 1. The number of carbonyl (C=O) groups excluding carboxylic acids is 1. The number of piperazine rings is 1. The molecule has 0 spiro atoms. The Hall–Kier alpha value is -3.03. The fraction of sp³-hybridized carbons (Fsp3) is 0.400. The topological polar surface area (TPSA) is 68.0 Å². The zero-order chi connectivity index (χ0) is 30.2. The summed E-state index contributed by atoms with van der Waals surface area (Å²) < 4.78 is 11.7. The van der Waals surface area contributed by atoms with E-state index in [2.05, 4.69) is 41.8 Å². The third kappa shape index (κ3) is 6.44. The summed E-state index contributed by atoms with van der Waals surface area (Å²) in [6.45, 7) is 9.62. The van der Waals surface area contributed by atoms with E-state index >= 15 is 0 Å². The van der Waals surface area contributed by atoms with E-state index < -0.39 is 0 Å². The van der Waals surface area contributed by atoms with Crippen LogP contribution in [0.25, 0.3) is 5.57 Å². The van der Waals surface area contributed by atoms with Crippen molar-refractivity contribution >= 4 is 34.7 Å². The van der Waals surface area contributed by atoms with Crippen LogP contribution in [-0.2, 0) is 11.3 Å². The van der Waals surface area contributed by atoms with Crippen molar-refractivity contribution in [1.82, 2.24) is 9.80 Å². The van der Waals surface area contributed by atoms with Gasteiger partial charge in [0.15, 0.2) is 5.75 Å². The molecule has 0 unspecified atom stereocenters. The lowest BCUT2D eigenvalue weighted by Crippen LogP contribution is -2.63. The molecule has 2 atom stereocenters. The lowest BCUT2D eigenvalue weighted by Gasteiger charge is -2.51. The molecule has 1 saturated carbocycles. The molecule has 1 saturated heterocycles. The Labute approximate surface area is 264 Å². The molecule has 3 aromatic carbocycles. The second-order valence-electron chi connectivity index (χ2n) is 12.1. The van der Waals surface area contributed by atoms with Gasteiger partial charge in [-0.15, -0.1) is 0 Å². The quantitative estimate of drug-likeness (QED) is 0.255. The molecule has 226 valence electrons. The number of amides is 1. The maximum absolute atomic E-state index is 13.1. The summed E-state index contributed by atoms with van der Waals surface area (Å²) in [5.41, 5.74) is 14.0. The van der Waals surface area contributed by atoms with Crippen LogP contribution >= 0.6 is 23.2 Å². The molecule has 1 amide bonds. The standard InChI is InChI=1S/C35H39Cl2N3O3/c1-21-15-30(36)34(31(37)16-21)43-14-13-42-28-11-7-24(8-12-28)29-17-27-19-39(18-25-6-4-5-22(2)23(25)3)20-32(33(29)35(38)41)40(27)26-9-10-26/h4-8,11-12,15-16,26-27,32H,9-10,13-14,17-20H2,1-3H3,(H2,38,41)/t27-,32-/m1/s1. The average molecular weight is 621 g/mol. The van der Waals surface area contributed by atoms with Gasteiger partial charge in [-0.05, 0) is 97.7 Å². The van der Waals surface area contributed by atoms with Gasteiger partial charge in [0.2, 0.25) is 5.91 Å². The lowest BCUT2D eigenvalue weighted by atomic mass is 9.81. The first kappa shape index (κ1) is 30.0. The molecule has 0 aromatic heterocycles. The fourth-order valence-corrected chi connectivity index (χ4v) is 7.47. The number of benzene rings is 3. The number of primary amides is 1. The highest BCUT2D eigenvalue weighted by Gasteiger charge is 2.48. The molecule has 6 rings (SSSR count). The van der Waals surface area contributed by atoms with E-state index in [1.54, 1.807) is 0 Å². The number of hydrogen-bond donors (Lipinski definition) is 1. The lowest BCUT2D eigenvalue weighted by molar-refractivity contribution is -0.116. The Morgan fingerprint density at radius 1 is 0.930 bits per heavy atom. The van der Waals surface area contributed by atoms with Crippen LogP contribution in [0, 0.1) is 20.8 Å². The van der Waals surface area contributed by atoms with Crippen LogP contribution in [0.5, 0.6) is 11.5 Å². The van der Waals surface area contributed by atoms with E-state index in [1.807, 2.05) is 43.3 Å². The summed E-state index contributed by atoms with van der Waals surface area (Å²) in [7, 11) is 0. The normalized spacial score (nSPS) is 20.8. The highest BCUT2D eigenvalue weighted by Crippen LogP contribution is 2.44. The minimum Gasteiger partial charge on any atom is -0.490 e. The van der Waals surface area contributed by atoms with Crippen molar-refractivity contribution < 1.29 is 14.3 Å². The van der Waals surface area contributed by atoms with E-state index in [0.717, 1.165) is 54.1 Å². The molecule has 0 radical (unpaired) electrons. The SMILES string of the molecule is Cc1cc(Cl)c(OCCOc2ccc(C3=C(C(N)=O)[C@H]4CN(Cc5cccc(C)c5C)C[C@@H](C3)N4C3CC3)cc2)c(Cl)c1. The summed E-state index contributed by atoms with van der Waals surface area (Å²) in [6, 6.07) is 19.1. The number of halogens is 2. The summed E-state index contributed by atoms with van der Waals surface area (Å²) in [5.74, 6) is 0.878. The van der Waals surface area contributed by atoms with Gasteiger partial charge in [0.25, 0.3) is 0 Å². The number of rotatable bonds is 10. The van der Waals surface area contributed by atoms with Crippen LogP contribution in [0.2, 0.25) is 10.0 Å². The number of hydrogen-bond acceptors (Lipinski definition) is 5. The first-order valence-corrected chi connectivity index (χ1v) is 15.8. The van der Waals surface area contributed by atoms with Crippen molar-refractivity contribution in [3.8, 4) is 11.5 Å². The molecular weight excluding hydrogens is 581 g/mol. The van der Waals surface area contributed by atoms with Crippen LogP contribution in [0.1, 0.15) is 47.1 Å². The minimum absolute atomic E-state index is 0.00566. The molecule has 2 fully saturated rings. The van der Waals surface area contributed by atoms with Gasteiger partial charge < -0.3 is 15.2 Å². The van der Waals surface area contributed by atoms with E-state index in [9.17, 15) is 4.79 Å². The smallest absolute Gasteiger partial charge is 0.246 e. The predicted octanol–water partition coefficient (Wildman–Crippen LogP) is 6.74. The monoisotopic (exact) mass is 619 g/mol. The Morgan fingerprint density at radius 2 is 1.63 bits per heavy atom. The van der Waals surface area contributed by atoms with E-state index in [1.165, 1.54) is 29.5 Å². The van der Waals surface area contributed by atoms with Crippen molar-refractivity contribution in [2.75, 3.05) is 26.3 Å². The molecule has 3 aromatic rings. The predicted molar refractivity (Wildman–Crippen MR) is 173 cm³/mol. The molecule has 43 heavy (non-hydrogen) atoms. The van der Waals surface area contributed by atoms with Crippen molar-refractivity contribution in [3.63, 3.8) is 0 Å². The maximum Gasteiger partial charge on any atom is 0.246 e. The van der Waals surface area contributed by atoms with Crippen LogP contribution in [0.4, 0.5) is 0 Å². The van der Waals surface area contributed by atoms with Crippen LogP contribution in [0.3, 0.4) is 0 Å². The van der Waals surface area contributed by atoms with Gasteiger partial charge in [-0.1, -0.05) is 53.5 Å². The zero-order valence-corrected chi connectivity index (χ0v) is 26.5. The summed E-state index contributed by atoms with van der Waals surface area (Å²) in [6.07, 6.45) is 3.20. The van der Waals surface area contributed by atoms with Crippen LogP contribution in [-0.4, -0.2) is 60.1 Å². The molecule has 2 N–H and O–H groups in total. The van der Waals surface area contributed by atoms with Gasteiger partial charge in [0.1, 0.15) is 19.0 Å². The highest BCUT2D eigenvalue weighted by atomic mass is 35.5. The number of nitrogens with zero attached hydrogens (tertiary/aromatic N) is 2. The van der Waals surface area contributed by atoms with E-state index in [0.29, 0.717) is 41.1 Å². The van der Waals surface area contributed by atoms with Crippen molar-refractivity contribution in [2.24, 2.45) is 5.73 Å². The second-order valence-corrected chi connectivity index (χ2v) is 13.0. The average Bonchev–Trinajstić information content (AvgIpc) is 3.79. The Morgan fingerprint density at radius 3 is 2.30 bits per heavy atom. The summed E-state index contributed by atoms with van der Waals surface area (Å²) in [5, 5.41) is 0.970. The van der Waals surface area contributed by atoms with E-state index in [-0.39, 0.29) is 11.9 Å². The van der Waals surface area contributed by atoms with Gasteiger partial charge in [0, 0.05) is 37.3 Å². The van der Waals surface area contributed by atoms with Gasteiger partial charge >= 0.3 is 0 Å². The van der Waals surface area contributed by atoms with Gasteiger partial charge in [0.05, 0.1) is 16.1 Å². The maximum atomic E-state index is 13.1. The molecule has 8 heteroatoms. The molecular formula is C35H39Cl2N3O3. The molecule has 2 aliphatic heterocycles. The number of aryl methyl sites for hydroxylation is 2. The van der Waals surface area contributed by atoms with Gasteiger partial charge in [-0.3, -0.25) is 14.6 Å². The number of ether oxygens (including phenoxy) is 2. The first-order valence-electron chi connectivity index (χ1n) is 15.1. The molecule has 1 aliphatic carbocycles. The fourth-order valence-electron chi connectivity index (χ4n) is 6.76.